The van der Waals surface area contributed by atoms with Gasteiger partial charge in [-0.05, 0) is 47.0 Å². The third-order valence-electron chi connectivity index (χ3n) is 5.00. The molecular formula is C25H14Cl2O2. The van der Waals surface area contributed by atoms with Crippen LogP contribution >= 0.6 is 23.2 Å². The second kappa shape index (κ2) is 7.07. The predicted molar refractivity (Wildman–Crippen MR) is 120 cm³/mol. The normalized spacial score (nSPS) is 11.2. The van der Waals surface area contributed by atoms with Crippen LogP contribution in [0, 0.1) is 0 Å². The van der Waals surface area contributed by atoms with Crippen molar-refractivity contribution in [2.24, 2.45) is 0 Å². The molecule has 0 bridgehead atoms. The van der Waals surface area contributed by atoms with Crippen LogP contribution in [0.15, 0.2) is 94.1 Å². The lowest BCUT2D eigenvalue weighted by Crippen LogP contribution is -2.01. The quantitative estimate of drug-likeness (QED) is 0.297. The Hall–Kier alpha value is -3.07. The first-order chi connectivity index (χ1) is 14.1. The summed E-state index contributed by atoms with van der Waals surface area (Å²) in [6.45, 7) is 0. The van der Waals surface area contributed by atoms with Gasteiger partial charge in [-0.15, -0.1) is 0 Å². The Bertz CT molecular complexity index is 1400. The Morgan fingerprint density at radius 3 is 2.07 bits per heavy atom. The molecule has 0 atom stereocenters. The van der Waals surface area contributed by atoms with Gasteiger partial charge in [-0.1, -0.05) is 77.8 Å². The van der Waals surface area contributed by atoms with Crippen LogP contribution in [0.25, 0.3) is 44.3 Å². The molecule has 0 N–H and O–H groups in total. The van der Waals surface area contributed by atoms with Crippen molar-refractivity contribution < 1.29 is 4.42 Å². The second-order valence-electron chi connectivity index (χ2n) is 6.83. The summed E-state index contributed by atoms with van der Waals surface area (Å²) in [6.07, 6.45) is 0. The smallest absolute Gasteiger partial charge is 0.344 e. The molecule has 0 saturated carbocycles. The van der Waals surface area contributed by atoms with Gasteiger partial charge in [0.25, 0.3) is 0 Å². The molecule has 0 amide bonds. The van der Waals surface area contributed by atoms with Gasteiger partial charge in [0.05, 0.1) is 5.39 Å². The van der Waals surface area contributed by atoms with E-state index < -0.39 is 0 Å². The molecule has 1 aromatic heterocycles. The summed E-state index contributed by atoms with van der Waals surface area (Å²) in [5.41, 5.74) is 4.02. The average molecular weight is 417 g/mol. The summed E-state index contributed by atoms with van der Waals surface area (Å²) >= 11 is 12.5. The maximum absolute atomic E-state index is 12.9. The Morgan fingerprint density at radius 1 is 0.655 bits per heavy atom. The van der Waals surface area contributed by atoms with Gasteiger partial charge in [-0.25, -0.2) is 4.79 Å². The zero-order chi connectivity index (χ0) is 20.0. The molecule has 3 aromatic rings. The lowest BCUT2D eigenvalue weighted by atomic mass is 9.95. The van der Waals surface area contributed by atoms with Crippen molar-refractivity contribution in [1.29, 1.82) is 0 Å². The van der Waals surface area contributed by atoms with Gasteiger partial charge in [0.15, 0.2) is 0 Å². The molecule has 0 unspecified atom stereocenters. The largest absolute Gasteiger partial charge is 0.422 e. The van der Waals surface area contributed by atoms with E-state index in [0.29, 0.717) is 21.2 Å². The minimum Gasteiger partial charge on any atom is -0.422 e. The standard InChI is InChI=1S/C25H14Cl2O2/c26-18-9-4-7-16(12-18)22-23-20-11-3-1-2-6-15(20)14-21(23)25(28)29-24(22)17-8-5-10-19(27)13-17/h1-14H. The molecule has 2 nitrogen and oxygen atoms in total. The molecule has 0 saturated heterocycles. The van der Waals surface area contributed by atoms with Crippen LogP contribution in [-0.2, 0) is 0 Å². The van der Waals surface area contributed by atoms with Crippen LogP contribution in [-0.4, -0.2) is 0 Å². The van der Waals surface area contributed by atoms with Crippen LogP contribution in [0.3, 0.4) is 0 Å². The van der Waals surface area contributed by atoms with Gasteiger partial charge in [0.1, 0.15) is 5.76 Å². The Balaban J connectivity index is 1.99. The summed E-state index contributed by atoms with van der Waals surface area (Å²) in [5.74, 6) is 0.478. The van der Waals surface area contributed by atoms with Gasteiger partial charge < -0.3 is 4.42 Å². The summed E-state index contributed by atoms with van der Waals surface area (Å²) in [4.78, 5) is 12.9. The van der Waals surface area contributed by atoms with E-state index in [1.807, 2.05) is 72.8 Å². The zero-order valence-corrected chi connectivity index (χ0v) is 16.7. The Morgan fingerprint density at radius 2 is 1.31 bits per heavy atom. The molecule has 2 aliphatic carbocycles. The molecule has 0 radical (unpaired) electrons. The maximum atomic E-state index is 12.9. The molecule has 0 spiro atoms. The molecule has 140 valence electrons. The van der Waals surface area contributed by atoms with Crippen molar-refractivity contribution >= 4 is 34.0 Å². The fourth-order valence-corrected chi connectivity index (χ4v) is 4.16. The zero-order valence-electron chi connectivity index (χ0n) is 15.2. The van der Waals surface area contributed by atoms with E-state index in [-0.39, 0.29) is 5.63 Å². The first-order valence-electron chi connectivity index (χ1n) is 9.12. The highest BCUT2D eigenvalue weighted by molar-refractivity contribution is 6.31. The highest BCUT2D eigenvalue weighted by Gasteiger charge is 2.22. The van der Waals surface area contributed by atoms with Crippen LogP contribution in [0.1, 0.15) is 0 Å². The first-order valence-corrected chi connectivity index (χ1v) is 9.88. The van der Waals surface area contributed by atoms with Crippen molar-refractivity contribution in [3.63, 3.8) is 0 Å². The molecule has 2 aromatic carbocycles. The maximum Gasteiger partial charge on any atom is 0.344 e. The number of hydrogen-bond donors (Lipinski definition) is 0. The number of hydrogen-bond acceptors (Lipinski definition) is 2. The van der Waals surface area contributed by atoms with Crippen LogP contribution in [0.4, 0.5) is 0 Å². The van der Waals surface area contributed by atoms with E-state index in [4.69, 9.17) is 27.6 Å². The van der Waals surface area contributed by atoms with E-state index in [1.165, 1.54) is 0 Å². The van der Waals surface area contributed by atoms with Crippen LogP contribution < -0.4 is 5.63 Å². The molecule has 0 aliphatic heterocycles. The molecular weight excluding hydrogens is 403 g/mol. The average Bonchev–Trinajstić information content (AvgIpc) is 2.91. The highest BCUT2D eigenvalue weighted by atomic mass is 35.5. The summed E-state index contributed by atoms with van der Waals surface area (Å²) in [6, 6.07) is 26.7. The summed E-state index contributed by atoms with van der Waals surface area (Å²) in [7, 11) is 0. The van der Waals surface area contributed by atoms with Gasteiger partial charge in [-0.2, -0.15) is 0 Å². The van der Waals surface area contributed by atoms with Crippen molar-refractivity contribution in [2.75, 3.05) is 0 Å². The van der Waals surface area contributed by atoms with Gasteiger partial charge in [0, 0.05) is 26.6 Å². The van der Waals surface area contributed by atoms with Crippen LogP contribution in [0.5, 0.6) is 0 Å². The number of fused-ring (bicyclic) bond motifs is 3. The van der Waals surface area contributed by atoms with E-state index in [9.17, 15) is 4.79 Å². The van der Waals surface area contributed by atoms with E-state index >= 15 is 0 Å². The Kier molecular flexibility index (Phi) is 4.39. The van der Waals surface area contributed by atoms with Gasteiger partial charge in [-0.3, -0.25) is 0 Å². The fourth-order valence-electron chi connectivity index (χ4n) is 3.78. The molecule has 1 heterocycles. The minimum atomic E-state index is -0.375. The van der Waals surface area contributed by atoms with E-state index in [1.54, 1.807) is 12.1 Å². The highest BCUT2D eigenvalue weighted by Crippen LogP contribution is 2.44. The third kappa shape index (κ3) is 3.11. The minimum absolute atomic E-state index is 0.375. The number of benzene rings is 2. The van der Waals surface area contributed by atoms with Gasteiger partial charge in [0.2, 0.25) is 0 Å². The fraction of sp³-hybridized carbons (Fsp3) is 0. The summed E-state index contributed by atoms with van der Waals surface area (Å²) < 4.78 is 5.85. The van der Waals surface area contributed by atoms with Crippen molar-refractivity contribution in [1.82, 2.24) is 0 Å². The van der Waals surface area contributed by atoms with Crippen LogP contribution in [0.2, 0.25) is 10.0 Å². The van der Waals surface area contributed by atoms with Crippen molar-refractivity contribution in [3.05, 3.63) is 105 Å². The predicted octanol–water partition coefficient (Wildman–Crippen LogP) is 7.54. The molecule has 29 heavy (non-hydrogen) atoms. The number of halogens is 2. The topological polar surface area (TPSA) is 30.2 Å². The number of rotatable bonds is 2. The van der Waals surface area contributed by atoms with E-state index in [0.717, 1.165) is 33.2 Å². The SMILES string of the molecule is O=c1oc(-c2cccc(Cl)c2)c(-c2cccc(Cl)c2)c2c3cccccc-3cc12. The molecule has 0 fully saturated rings. The monoisotopic (exact) mass is 416 g/mol. The lowest BCUT2D eigenvalue weighted by molar-refractivity contribution is 0.536. The third-order valence-corrected chi connectivity index (χ3v) is 5.47. The van der Waals surface area contributed by atoms with Crippen molar-refractivity contribution in [2.45, 2.75) is 0 Å². The van der Waals surface area contributed by atoms with Crippen molar-refractivity contribution in [3.8, 4) is 33.6 Å². The Labute approximate surface area is 177 Å². The summed E-state index contributed by atoms with van der Waals surface area (Å²) in [5, 5.41) is 2.58. The first kappa shape index (κ1) is 18.0. The lowest BCUT2D eigenvalue weighted by Gasteiger charge is -2.12. The van der Waals surface area contributed by atoms with E-state index in [2.05, 4.69) is 0 Å². The molecule has 5 rings (SSSR count). The van der Waals surface area contributed by atoms with Gasteiger partial charge >= 0.3 is 5.63 Å². The second-order valence-corrected chi connectivity index (χ2v) is 7.70. The molecule has 4 heteroatoms. The molecule has 2 aliphatic rings.